The first-order chi connectivity index (χ1) is 5.52. The second-order valence-corrected chi connectivity index (χ2v) is 4.26. The van der Waals surface area contributed by atoms with Gasteiger partial charge in [0.15, 0.2) is 0 Å². The maximum atomic E-state index is 3.87. The van der Waals surface area contributed by atoms with Gasteiger partial charge in [-0.25, -0.2) is 0 Å². The van der Waals surface area contributed by atoms with Crippen molar-refractivity contribution in [2.75, 3.05) is 0 Å². The van der Waals surface area contributed by atoms with Crippen LogP contribution < -0.4 is 0 Å². The second-order valence-electron chi connectivity index (χ2n) is 4.26. The third-order valence-corrected chi connectivity index (χ3v) is 2.41. The molecule has 0 saturated heterocycles. The molecule has 1 aromatic heterocycles. The zero-order valence-corrected chi connectivity index (χ0v) is 8.20. The molecule has 2 nitrogen and oxygen atoms in total. The van der Waals surface area contributed by atoms with Crippen LogP contribution in [0.5, 0.6) is 0 Å². The standard InChI is InChI=1S/C10H16N2/c1-8(10(2,3)4)9-5-6-11-12-7-9/h5-8H,1-4H3. The highest BCUT2D eigenvalue weighted by Crippen LogP contribution is 2.33. The highest BCUT2D eigenvalue weighted by molar-refractivity contribution is 5.13. The van der Waals surface area contributed by atoms with Crippen LogP contribution in [0.3, 0.4) is 0 Å². The highest BCUT2D eigenvalue weighted by atomic mass is 15.1. The number of hydrogen-bond acceptors (Lipinski definition) is 2. The summed E-state index contributed by atoms with van der Waals surface area (Å²) in [6.45, 7) is 8.92. The van der Waals surface area contributed by atoms with Crippen molar-refractivity contribution in [1.82, 2.24) is 10.2 Å². The van der Waals surface area contributed by atoms with Crippen molar-refractivity contribution in [3.8, 4) is 0 Å². The van der Waals surface area contributed by atoms with Gasteiger partial charge in [0.1, 0.15) is 0 Å². The summed E-state index contributed by atoms with van der Waals surface area (Å²) in [5.74, 6) is 0.521. The fourth-order valence-electron chi connectivity index (χ4n) is 1.06. The summed E-state index contributed by atoms with van der Waals surface area (Å²) in [6.07, 6.45) is 3.59. The molecule has 0 fully saturated rings. The summed E-state index contributed by atoms with van der Waals surface area (Å²) in [4.78, 5) is 0. The van der Waals surface area contributed by atoms with Crippen molar-refractivity contribution >= 4 is 0 Å². The van der Waals surface area contributed by atoms with E-state index in [1.165, 1.54) is 5.56 Å². The van der Waals surface area contributed by atoms with Gasteiger partial charge in [-0.15, -0.1) is 0 Å². The third kappa shape index (κ3) is 2.03. The maximum absolute atomic E-state index is 3.87. The van der Waals surface area contributed by atoms with Crippen LogP contribution in [0.4, 0.5) is 0 Å². The van der Waals surface area contributed by atoms with Crippen molar-refractivity contribution in [2.24, 2.45) is 5.41 Å². The Balaban J connectivity index is 2.86. The zero-order chi connectivity index (χ0) is 9.19. The van der Waals surface area contributed by atoms with Gasteiger partial charge in [-0.05, 0) is 23.0 Å². The van der Waals surface area contributed by atoms with E-state index in [4.69, 9.17) is 0 Å². The maximum Gasteiger partial charge on any atom is 0.0531 e. The molecule has 0 saturated carbocycles. The van der Waals surface area contributed by atoms with Crippen molar-refractivity contribution < 1.29 is 0 Å². The van der Waals surface area contributed by atoms with Gasteiger partial charge in [-0.2, -0.15) is 10.2 Å². The Morgan fingerprint density at radius 3 is 2.33 bits per heavy atom. The monoisotopic (exact) mass is 164 g/mol. The molecule has 0 radical (unpaired) electrons. The Labute approximate surface area is 74.0 Å². The van der Waals surface area contributed by atoms with Crippen molar-refractivity contribution in [1.29, 1.82) is 0 Å². The first-order valence-corrected chi connectivity index (χ1v) is 4.28. The molecule has 0 aliphatic rings. The molecule has 1 aromatic rings. The molecule has 0 aliphatic carbocycles. The SMILES string of the molecule is CC(c1ccnnc1)C(C)(C)C. The minimum absolute atomic E-state index is 0.295. The predicted molar refractivity (Wildman–Crippen MR) is 49.9 cm³/mol. The number of nitrogens with zero attached hydrogens (tertiary/aromatic N) is 2. The van der Waals surface area contributed by atoms with Gasteiger partial charge in [0.2, 0.25) is 0 Å². The molecule has 0 aromatic carbocycles. The van der Waals surface area contributed by atoms with E-state index < -0.39 is 0 Å². The quantitative estimate of drug-likeness (QED) is 0.637. The molecular weight excluding hydrogens is 148 g/mol. The van der Waals surface area contributed by atoms with Gasteiger partial charge in [0.25, 0.3) is 0 Å². The van der Waals surface area contributed by atoms with Crippen LogP contribution >= 0.6 is 0 Å². The third-order valence-electron chi connectivity index (χ3n) is 2.41. The first-order valence-electron chi connectivity index (χ1n) is 4.28. The highest BCUT2D eigenvalue weighted by Gasteiger charge is 2.21. The van der Waals surface area contributed by atoms with Crippen LogP contribution in [0.15, 0.2) is 18.5 Å². The van der Waals surface area contributed by atoms with E-state index in [-0.39, 0.29) is 0 Å². The Hall–Kier alpha value is -0.920. The van der Waals surface area contributed by atoms with Gasteiger partial charge < -0.3 is 0 Å². The van der Waals surface area contributed by atoms with Crippen LogP contribution in [0.2, 0.25) is 0 Å². The number of hydrogen-bond donors (Lipinski definition) is 0. The van der Waals surface area contributed by atoms with E-state index >= 15 is 0 Å². The van der Waals surface area contributed by atoms with Crippen LogP contribution in [-0.2, 0) is 0 Å². The van der Waals surface area contributed by atoms with E-state index in [0.717, 1.165) is 0 Å². The molecule has 2 heteroatoms. The predicted octanol–water partition coefficient (Wildman–Crippen LogP) is 2.63. The Morgan fingerprint density at radius 2 is 1.92 bits per heavy atom. The van der Waals surface area contributed by atoms with Crippen molar-refractivity contribution in [2.45, 2.75) is 33.6 Å². The molecule has 1 heterocycles. The second kappa shape index (κ2) is 3.21. The van der Waals surface area contributed by atoms with Crippen LogP contribution in [0.1, 0.15) is 39.2 Å². The summed E-state index contributed by atoms with van der Waals surface area (Å²) in [7, 11) is 0. The lowest BCUT2D eigenvalue weighted by Gasteiger charge is -2.26. The molecular formula is C10H16N2. The lowest BCUT2D eigenvalue weighted by Crippen LogP contribution is -2.15. The molecule has 0 bridgehead atoms. The molecule has 0 N–H and O–H groups in total. The molecule has 1 rings (SSSR count). The van der Waals surface area contributed by atoms with Crippen molar-refractivity contribution in [3.63, 3.8) is 0 Å². The van der Waals surface area contributed by atoms with Gasteiger partial charge >= 0.3 is 0 Å². The van der Waals surface area contributed by atoms with Gasteiger partial charge in [0, 0.05) is 6.20 Å². The molecule has 0 amide bonds. The topological polar surface area (TPSA) is 25.8 Å². The van der Waals surface area contributed by atoms with Gasteiger partial charge in [0.05, 0.1) is 6.20 Å². The molecule has 0 aliphatic heterocycles. The van der Waals surface area contributed by atoms with E-state index in [0.29, 0.717) is 11.3 Å². The molecule has 1 atom stereocenters. The van der Waals surface area contributed by atoms with Crippen LogP contribution in [0, 0.1) is 5.41 Å². The minimum atomic E-state index is 0.295. The van der Waals surface area contributed by atoms with Crippen molar-refractivity contribution in [3.05, 3.63) is 24.0 Å². The Bertz CT molecular complexity index is 236. The normalized spacial score (nSPS) is 14.3. The molecule has 0 spiro atoms. The average molecular weight is 164 g/mol. The average Bonchev–Trinajstić information content (AvgIpc) is 2.03. The van der Waals surface area contributed by atoms with E-state index in [9.17, 15) is 0 Å². The van der Waals surface area contributed by atoms with Crippen LogP contribution in [0.25, 0.3) is 0 Å². The summed E-state index contributed by atoms with van der Waals surface area (Å²) < 4.78 is 0. The largest absolute Gasteiger partial charge is 0.159 e. The first kappa shape index (κ1) is 9.17. The lowest BCUT2D eigenvalue weighted by atomic mass is 9.78. The number of rotatable bonds is 1. The molecule has 1 unspecified atom stereocenters. The summed E-state index contributed by atoms with van der Waals surface area (Å²) >= 11 is 0. The van der Waals surface area contributed by atoms with E-state index in [2.05, 4.69) is 37.9 Å². The van der Waals surface area contributed by atoms with E-state index in [1.54, 1.807) is 6.20 Å². The Kier molecular flexibility index (Phi) is 2.46. The van der Waals surface area contributed by atoms with Gasteiger partial charge in [-0.1, -0.05) is 27.7 Å². The summed E-state index contributed by atoms with van der Waals surface area (Å²) in [5.41, 5.74) is 1.56. The van der Waals surface area contributed by atoms with Crippen LogP contribution in [-0.4, -0.2) is 10.2 Å². The molecule has 66 valence electrons. The fraction of sp³-hybridized carbons (Fsp3) is 0.600. The Morgan fingerprint density at radius 1 is 1.25 bits per heavy atom. The fourth-order valence-corrected chi connectivity index (χ4v) is 1.06. The zero-order valence-electron chi connectivity index (χ0n) is 8.20. The van der Waals surface area contributed by atoms with E-state index in [1.807, 2.05) is 12.3 Å². The summed E-state index contributed by atoms with van der Waals surface area (Å²) in [6, 6.07) is 2.03. The lowest BCUT2D eigenvalue weighted by molar-refractivity contribution is 0.338. The minimum Gasteiger partial charge on any atom is -0.159 e. The smallest absolute Gasteiger partial charge is 0.0531 e. The number of aromatic nitrogens is 2. The van der Waals surface area contributed by atoms with Gasteiger partial charge in [-0.3, -0.25) is 0 Å². The molecule has 12 heavy (non-hydrogen) atoms. The summed E-state index contributed by atoms with van der Waals surface area (Å²) in [5, 5.41) is 7.63.